The number of aliphatic hydroxyl groups is 1. The maximum Gasteiger partial charge on any atom is 0.0902 e. The van der Waals surface area contributed by atoms with Crippen LogP contribution in [0.4, 0.5) is 0 Å². The minimum absolute atomic E-state index is 0.251. The molecule has 1 atom stereocenters. The molecule has 1 aliphatic heterocycles. The van der Waals surface area contributed by atoms with Gasteiger partial charge in [0.1, 0.15) is 0 Å². The van der Waals surface area contributed by atoms with Crippen LogP contribution in [-0.4, -0.2) is 40.7 Å². The van der Waals surface area contributed by atoms with Crippen molar-refractivity contribution >= 4 is 17.2 Å². The molecule has 1 heterocycles. The highest BCUT2D eigenvalue weighted by Crippen LogP contribution is 2.17. The maximum absolute atomic E-state index is 8.66. The summed E-state index contributed by atoms with van der Waals surface area (Å²) in [4.78, 5) is 2.86. The summed E-state index contributed by atoms with van der Waals surface area (Å²) in [5, 5.41) is 8.66. The monoisotopic (exact) mass is 188 g/mol. The van der Waals surface area contributed by atoms with Crippen LogP contribution in [0, 0.1) is 0 Å². The lowest BCUT2D eigenvalue weighted by molar-refractivity contribution is 0.236. The molecule has 70 valence electrons. The summed E-state index contributed by atoms with van der Waals surface area (Å²) in [6.07, 6.45) is 3.08. The van der Waals surface area contributed by atoms with Gasteiger partial charge in [0.2, 0.25) is 0 Å². The van der Waals surface area contributed by atoms with Crippen LogP contribution in [0.5, 0.6) is 0 Å². The number of rotatable bonds is 4. The maximum atomic E-state index is 8.66. The molecule has 12 heavy (non-hydrogen) atoms. The van der Waals surface area contributed by atoms with E-state index in [9.17, 15) is 0 Å². The first-order valence-corrected chi connectivity index (χ1v) is 4.80. The van der Waals surface area contributed by atoms with Gasteiger partial charge in [0.05, 0.1) is 11.0 Å². The van der Waals surface area contributed by atoms with Crippen molar-refractivity contribution in [3.63, 3.8) is 0 Å². The molecule has 4 heteroatoms. The van der Waals surface area contributed by atoms with Gasteiger partial charge in [-0.2, -0.15) is 0 Å². The van der Waals surface area contributed by atoms with Crippen LogP contribution in [0.3, 0.4) is 0 Å². The highest BCUT2D eigenvalue weighted by Gasteiger charge is 2.25. The van der Waals surface area contributed by atoms with Gasteiger partial charge in [-0.25, -0.2) is 0 Å². The standard InChI is InChI=1S/C8H16N2OS/c9-8(12)7-3-1-4-10(7)5-2-6-11/h7,11H,1-6H2,(H2,9,12). The van der Waals surface area contributed by atoms with E-state index in [2.05, 4.69) is 4.90 Å². The Kier molecular flexibility index (Phi) is 3.91. The van der Waals surface area contributed by atoms with E-state index in [-0.39, 0.29) is 12.6 Å². The zero-order valence-corrected chi connectivity index (χ0v) is 8.02. The van der Waals surface area contributed by atoms with Gasteiger partial charge in [-0.15, -0.1) is 0 Å². The molecule has 1 saturated heterocycles. The third kappa shape index (κ3) is 2.40. The van der Waals surface area contributed by atoms with Gasteiger partial charge in [-0.1, -0.05) is 12.2 Å². The molecule has 3 N–H and O–H groups in total. The number of aliphatic hydroxyl groups excluding tert-OH is 1. The van der Waals surface area contributed by atoms with Gasteiger partial charge in [-0.3, -0.25) is 4.90 Å². The normalized spacial score (nSPS) is 24.6. The Morgan fingerprint density at radius 1 is 1.67 bits per heavy atom. The topological polar surface area (TPSA) is 49.5 Å². The lowest BCUT2D eigenvalue weighted by Gasteiger charge is -2.22. The lowest BCUT2D eigenvalue weighted by Crippen LogP contribution is -2.39. The van der Waals surface area contributed by atoms with Crippen molar-refractivity contribution in [2.45, 2.75) is 25.3 Å². The molecule has 0 aromatic heterocycles. The first-order valence-electron chi connectivity index (χ1n) is 4.40. The van der Waals surface area contributed by atoms with E-state index in [1.807, 2.05) is 0 Å². The summed E-state index contributed by atoms with van der Waals surface area (Å²) in [5.41, 5.74) is 5.59. The van der Waals surface area contributed by atoms with Crippen LogP contribution in [-0.2, 0) is 0 Å². The molecular weight excluding hydrogens is 172 g/mol. The van der Waals surface area contributed by atoms with Crippen molar-refractivity contribution in [2.75, 3.05) is 19.7 Å². The molecule has 0 aromatic rings. The van der Waals surface area contributed by atoms with Crippen molar-refractivity contribution in [1.82, 2.24) is 4.90 Å². The number of likely N-dealkylation sites (tertiary alicyclic amines) is 1. The van der Waals surface area contributed by atoms with Crippen LogP contribution in [0.1, 0.15) is 19.3 Å². The van der Waals surface area contributed by atoms with E-state index in [0.717, 1.165) is 25.9 Å². The summed E-state index contributed by atoms with van der Waals surface area (Å²) in [5.74, 6) is 0. The molecule has 3 nitrogen and oxygen atoms in total. The third-order valence-electron chi connectivity index (χ3n) is 2.30. The SMILES string of the molecule is NC(=S)C1CCCN1CCCO. The minimum Gasteiger partial charge on any atom is -0.396 e. The first kappa shape index (κ1) is 9.89. The van der Waals surface area contributed by atoms with Crippen molar-refractivity contribution in [3.8, 4) is 0 Å². The first-order chi connectivity index (χ1) is 5.75. The Hall–Kier alpha value is -0.190. The summed E-state index contributed by atoms with van der Waals surface area (Å²) in [6, 6.07) is 0.284. The largest absolute Gasteiger partial charge is 0.396 e. The van der Waals surface area contributed by atoms with Crippen molar-refractivity contribution in [2.24, 2.45) is 5.73 Å². The zero-order chi connectivity index (χ0) is 8.97. The molecule has 1 fully saturated rings. The van der Waals surface area contributed by atoms with Crippen LogP contribution < -0.4 is 5.73 Å². The van der Waals surface area contributed by atoms with E-state index in [0.29, 0.717) is 4.99 Å². The number of hydrogen-bond donors (Lipinski definition) is 2. The Morgan fingerprint density at radius 2 is 2.42 bits per heavy atom. The Bertz CT molecular complexity index is 163. The second-order valence-corrected chi connectivity index (χ2v) is 3.64. The number of nitrogens with two attached hydrogens (primary N) is 1. The quantitative estimate of drug-likeness (QED) is 0.615. The van der Waals surface area contributed by atoms with Crippen LogP contribution in [0.15, 0.2) is 0 Å². The predicted octanol–water partition coefficient (Wildman–Crippen LogP) is 0.119. The average molecular weight is 188 g/mol. The number of nitrogens with zero attached hydrogens (tertiary/aromatic N) is 1. The van der Waals surface area contributed by atoms with Gasteiger partial charge in [0.15, 0.2) is 0 Å². The molecule has 1 aliphatic rings. The number of thiocarbonyl (C=S) groups is 1. The molecule has 0 amide bonds. The van der Waals surface area contributed by atoms with Crippen molar-refractivity contribution in [3.05, 3.63) is 0 Å². The van der Waals surface area contributed by atoms with E-state index < -0.39 is 0 Å². The summed E-state index contributed by atoms with van der Waals surface area (Å²) in [7, 11) is 0. The van der Waals surface area contributed by atoms with Crippen LogP contribution in [0.2, 0.25) is 0 Å². The predicted molar refractivity (Wildman–Crippen MR) is 53.1 cm³/mol. The third-order valence-corrected chi connectivity index (χ3v) is 2.57. The summed E-state index contributed by atoms with van der Waals surface area (Å²) >= 11 is 4.96. The molecule has 0 radical (unpaired) electrons. The molecule has 1 unspecified atom stereocenters. The molecule has 0 saturated carbocycles. The van der Waals surface area contributed by atoms with Crippen molar-refractivity contribution in [1.29, 1.82) is 0 Å². The van der Waals surface area contributed by atoms with E-state index in [1.54, 1.807) is 0 Å². The van der Waals surface area contributed by atoms with E-state index in [4.69, 9.17) is 23.1 Å². The lowest BCUT2D eigenvalue weighted by atomic mass is 10.2. The van der Waals surface area contributed by atoms with Gasteiger partial charge < -0.3 is 10.8 Å². The molecular formula is C8H16N2OS. The van der Waals surface area contributed by atoms with E-state index in [1.165, 1.54) is 6.42 Å². The minimum atomic E-state index is 0.251. The summed E-state index contributed by atoms with van der Waals surface area (Å²) in [6.45, 7) is 2.24. The van der Waals surface area contributed by atoms with Gasteiger partial charge in [0.25, 0.3) is 0 Å². The molecule has 0 aromatic carbocycles. The summed E-state index contributed by atoms with van der Waals surface area (Å²) < 4.78 is 0. The van der Waals surface area contributed by atoms with Gasteiger partial charge in [0, 0.05) is 13.2 Å². The smallest absolute Gasteiger partial charge is 0.0902 e. The second kappa shape index (κ2) is 4.74. The molecule has 1 rings (SSSR count). The van der Waals surface area contributed by atoms with Crippen molar-refractivity contribution < 1.29 is 5.11 Å². The molecule has 0 aliphatic carbocycles. The Morgan fingerprint density at radius 3 is 3.00 bits per heavy atom. The van der Waals surface area contributed by atoms with Crippen LogP contribution >= 0.6 is 12.2 Å². The van der Waals surface area contributed by atoms with E-state index >= 15 is 0 Å². The molecule has 0 bridgehead atoms. The Labute approximate surface area is 78.5 Å². The number of hydrogen-bond acceptors (Lipinski definition) is 3. The Balaban J connectivity index is 2.35. The second-order valence-electron chi connectivity index (χ2n) is 3.17. The van der Waals surface area contributed by atoms with Crippen LogP contribution in [0.25, 0.3) is 0 Å². The van der Waals surface area contributed by atoms with Gasteiger partial charge >= 0.3 is 0 Å². The highest BCUT2D eigenvalue weighted by molar-refractivity contribution is 7.80. The van der Waals surface area contributed by atoms with Gasteiger partial charge in [-0.05, 0) is 25.8 Å². The fourth-order valence-corrected chi connectivity index (χ4v) is 1.96. The molecule has 0 spiro atoms. The highest BCUT2D eigenvalue weighted by atomic mass is 32.1. The zero-order valence-electron chi connectivity index (χ0n) is 7.20. The fraction of sp³-hybridized carbons (Fsp3) is 0.875. The fourth-order valence-electron chi connectivity index (χ4n) is 1.69. The average Bonchev–Trinajstić information content (AvgIpc) is 2.48.